The number of amides is 1. The predicted molar refractivity (Wildman–Crippen MR) is 75.3 cm³/mol. The van der Waals surface area contributed by atoms with Crippen molar-refractivity contribution >= 4 is 16.9 Å². The van der Waals surface area contributed by atoms with Crippen LogP contribution in [0.5, 0.6) is 0 Å². The Labute approximate surface area is 113 Å². The molecule has 5 nitrogen and oxygen atoms in total. The maximum atomic E-state index is 11.4. The van der Waals surface area contributed by atoms with Gasteiger partial charge in [-0.3, -0.25) is 4.21 Å². The van der Waals surface area contributed by atoms with E-state index in [1.165, 1.54) is 0 Å². The van der Waals surface area contributed by atoms with Crippen molar-refractivity contribution in [2.45, 2.75) is 45.8 Å². The van der Waals surface area contributed by atoms with Gasteiger partial charge in [0.25, 0.3) is 0 Å². The average Bonchev–Trinajstić information content (AvgIpc) is 2.19. The van der Waals surface area contributed by atoms with Crippen LogP contribution < -0.4 is 10.6 Å². The highest BCUT2D eigenvalue weighted by Crippen LogP contribution is 2.06. The van der Waals surface area contributed by atoms with Crippen molar-refractivity contribution in [1.82, 2.24) is 10.6 Å². The molecule has 0 heterocycles. The van der Waals surface area contributed by atoms with E-state index in [1.807, 2.05) is 27.7 Å². The average molecular weight is 278 g/mol. The fourth-order valence-corrected chi connectivity index (χ4v) is 1.80. The van der Waals surface area contributed by atoms with Crippen LogP contribution >= 0.6 is 0 Å². The van der Waals surface area contributed by atoms with E-state index in [4.69, 9.17) is 4.74 Å². The molecule has 0 fully saturated rings. The Bertz CT molecular complexity index is 277. The normalized spacial score (nSPS) is 14.9. The molecule has 0 spiro atoms. The summed E-state index contributed by atoms with van der Waals surface area (Å²) in [4.78, 5) is 11.4. The van der Waals surface area contributed by atoms with Crippen molar-refractivity contribution < 1.29 is 13.7 Å². The van der Waals surface area contributed by atoms with E-state index in [1.54, 1.807) is 6.26 Å². The monoisotopic (exact) mass is 278 g/mol. The fourth-order valence-electron chi connectivity index (χ4n) is 1.25. The van der Waals surface area contributed by atoms with Gasteiger partial charge in [0.15, 0.2) is 0 Å². The molecule has 1 amide bonds. The molecule has 6 heteroatoms. The van der Waals surface area contributed by atoms with Gasteiger partial charge in [-0.1, -0.05) is 0 Å². The van der Waals surface area contributed by atoms with Gasteiger partial charge >= 0.3 is 6.09 Å². The topological polar surface area (TPSA) is 67.4 Å². The Balaban J connectivity index is 3.61. The number of hydrogen-bond acceptors (Lipinski definition) is 4. The molecule has 2 unspecified atom stereocenters. The molecule has 0 saturated heterocycles. The Morgan fingerprint density at radius 2 is 2.00 bits per heavy atom. The van der Waals surface area contributed by atoms with Crippen LogP contribution in [0.2, 0.25) is 0 Å². The highest BCUT2D eigenvalue weighted by Gasteiger charge is 2.16. The molecule has 18 heavy (non-hydrogen) atoms. The zero-order valence-electron chi connectivity index (χ0n) is 12.0. The van der Waals surface area contributed by atoms with Crippen molar-refractivity contribution in [2.24, 2.45) is 0 Å². The van der Waals surface area contributed by atoms with Crippen LogP contribution in [0.25, 0.3) is 0 Å². The van der Waals surface area contributed by atoms with Gasteiger partial charge in [0.05, 0.1) is 0 Å². The van der Waals surface area contributed by atoms with Crippen LogP contribution in [0, 0.1) is 0 Å². The molecule has 0 radical (unpaired) electrons. The lowest BCUT2D eigenvalue weighted by Crippen LogP contribution is -2.41. The number of nitrogens with one attached hydrogen (secondary N) is 2. The van der Waals surface area contributed by atoms with E-state index < -0.39 is 22.5 Å². The maximum Gasteiger partial charge on any atom is 0.407 e. The number of rotatable bonds is 7. The molecule has 0 aliphatic heterocycles. The first-order valence-electron chi connectivity index (χ1n) is 6.21. The Morgan fingerprint density at radius 1 is 1.39 bits per heavy atom. The van der Waals surface area contributed by atoms with Gasteiger partial charge in [-0.05, 0) is 40.7 Å². The summed E-state index contributed by atoms with van der Waals surface area (Å²) in [7, 11) is -0.733. The second kappa shape index (κ2) is 8.48. The zero-order chi connectivity index (χ0) is 14.2. The second-order valence-electron chi connectivity index (χ2n) is 5.37. The van der Waals surface area contributed by atoms with Crippen LogP contribution in [0.3, 0.4) is 0 Å². The summed E-state index contributed by atoms with van der Waals surface area (Å²) >= 11 is 0. The first-order chi connectivity index (χ1) is 8.20. The lowest BCUT2D eigenvalue weighted by atomic mass is 10.2. The molecule has 0 saturated carbocycles. The van der Waals surface area contributed by atoms with Crippen molar-refractivity contribution in [3.63, 3.8) is 0 Å². The number of alkyl carbamates (subject to hydrolysis) is 1. The highest BCUT2D eigenvalue weighted by molar-refractivity contribution is 7.84. The van der Waals surface area contributed by atoms with Crippen LogP contribution in [0.4, 0.5) is 4.79 Å². The van der Waals surface area contributed by atoms with Gasteiger partial charge in [0.1, 0.15) is 5.60 Å². The number of carbonyl (C=O) groups excluding carboxylic acids is 1. The van der Waals surface area contributed by atoms with Crippen molar-refractivity contribution in [1.29, 1.82) is 0 Å². The number of ether oxygens (including phenoxy) is 1. The molecule has 108 valence electrons. The van der Waals surface area contributed by atoms with Crippen LogP contribution in [0.1, 0.15) is 34.1 Å². The summed E-state index contributed by atoms with van der Waals surface area (Å²) in [6, 6.07) is 0.169. The highest BCUT2D eigenvalue weighted by atomic mass is 32.2. The molecule has 0 aliphatic rings. The summed E-state index contributed by atoms with van der Waals surface area (Å²) in [6.45, 7) is 8.80. The standard InChI is InChI=1S/C12H26N2O3S/c1-10(13-7-6-8-18(5)16)9-14-11(15)17-12(2,3)4/h10,13H,6-9H2,1-5H3,(H,14,15). The lowest BCUT2D eigenvalue weighted by Gasteiger charge is -2.21. The molecule has 0 rings (SSSR count). The van der Waals surface area contributed by atoms with Gasteiger partial charge in [0.2, 0.25) is 0 Å². The first kappa shape index (κ1) is 17.4. The Hall–Kier alpha value is -0.620. The summed E-state index contributed by atoms with van der Waals surface area (Å²) in [5.74, 6) is 0.708. The summed E-state index contributed by atoms with van der Waals surface area (Å²) in [5, 5.41) is 5.96. The minimum atomic E-state index is -0.733. The first-order valence-corrected chi connectivity index (χ1v) is 7.93. The van der Waals surface area contributed by atoms with E-state index >= 15 is 0 Å². The van der Waals surface area contributed by atoms with E-state index in [9.17, 15) is 9.00 Å². The molecule has 2 atom stereocenters. The molecule has 0 aromatic heterocycles. The van der Waals surface area contributed by atoms with E-state index in [0.717, 1.165) is 13.0 Å². The third-order valence-electron chi connectivity index (χ3n) is 2.05. The van der Waals surface area contributed by atoms with Gasteiger partial charge in [-0.25, -0.2) is 4.79 Å². The predicted octanol–water partition coefficient (Wildman–Crippen LogP) is 1.26. The smallest absolute Gasteiger partial charge is 0.407 e. The third-order valence-corrected chi connectivity index (χ3v) is 2.92. The van der Waals surface area contributed by atoms with Gasteiger partial charge in [-0.15, -0.1) is 0 Å². The Morgan fingerprint density at radius 3 is 2.50 bits per heavy atom. The molecule has 2 N–H and O–H groups in total. The van der Waals surface area contributed by atoms with Crippen molar-refractivity contribution in [2.75, 3.05) is 25.1 Å². The second-order valence-corrected chi connectivity index (χ2v) is 6.92. The molecule has 0 aromatic rings. The van der Waals surface area contributed by atoms with Crippen LogP contribution in [-0.2, 0) is 15.5 Å². The molecule has 0 aliphatic carbocycles. The fraction of sp³-hybridized carbons (Fsp3) is 0.917. The van der Waals surface area contributed by atoms with E-state index in [0.29, 0.717) is 12.3 Å². The molecule has 0 aromatic carbocycles. The number of hydrogen-bond donors (Lipinski definition) is 2. The third kappa shape index (κ3) is 11.9. The van der Waals surface area contributed by atoms with Gasteiger partial charge in [0, 0.05) is 35.4 Å². The quantitative estimate of drug-likeness (QED) is 0.688. The SMILES string of the molecule is CC(CNC(=O)OC(C)(C)C)NCCCS(C)=O. The zero-order valence-corrected chi connectivity index (χ0v) is 12.9. The summed E-state index contributed by atoms with van der Waals surface area (Å²) in [5.41, 5.74) is -0.466. The summed E-state index contributed by atoms with van der Waals surface area (Å²) < 4.78 is 16.0. The lowest BCUT2D eigenvalue weighted by molar-refractivity contribution is 0.0523. The molecule has 0 bridgehead atoms. The van der Waals surface area contributed by atoms with Crippen LogP contribution in [0.15, 0.2) is 0 Å². The van der Waals surface area contributed by atoms with E-state index in [-0.39, 0.29) is 6.04 Å². The van der Waals surface area contributed by atoms with Gasteiger partial charge in [-0.2, -0.15) is 0 Å². The number of carbonyl (C=O) groups is 1. The minimum Gasteiger partial charge on any atom is -0.444 e. The van der Waals surface area contributed by atoms with Crippen LogP contribution in [-0.4, -0.2) is 47.0 Å². The molecular weight excluding hydrogens is 252 g/mol. The summed E-state index contributed by atoms with van der Waals surface area (Å²) in [6.07, 6.45) is 2.18. The minimum absolute atomic E-state index is 0.169. The van der Waals surface area contributed by atoms with Crippen molar-refractivity contribution in [3.05, 3.63) is 0 Å². The Kier molecular flexibility index (Phi) is 8.18. The van der Waals surface area contributed by atoms with E-state index in [2.05, 4.69) is 10.6 Å². The van der Waals surface area contributed by atoms with Crippen molar-refractivity contribution in [3.8, 4) is 0 Å². The molecular formula is C12H26N2O3S. The maximum absolute atomic E-state index is 11.4. The largest absolute Gasteiger partial charge is 0.444 e. The van der Waals surface area contributed by atoms with Gasteiger partial charge < -0.3 is 15.4 Å².